The molecule has 2 aromatic rings. The maximum absolute atomic E-state index is 12.6. The van der Waals surface area contributed by atoms with E-state index >= 15 is 0 Å². The van der Waals surface area contributed by atoms with E-state index in [0.29, 0.717) is 17.8 Å². The Morgan fingerprint density at radius 2 is 2.15 bits per heavy atom. The van der Waals surface area contributed by atoms with Gasteiger partial charge in [-0.25, -0.2) is 9.78 Å². The number of rotatable bonds is 6. The molecule has 8 heteroatoms. The van der Waals surface area contributed by atoms with Crippen molar-refractivity contribution in [3.63, 3.8) is 0 Å². The number of para-hydroxylation sites is 1. The van der Waals surface area contributed by atoms with Gasteiger partial charge in [-0.05, 0) is 31.9 Å². The quantitative estimate of drug-likeness (QED) is 0.761. The predicted octanol–water partition coefficient (Wildman–Crippen LogP) is 2.26. The fraction of sp³-hybridized carbons (Fsp3) is 0.333. The van der Waals surface area contributed by atoms with Crippen molar-refractivity contribution in [3.05, 3.63) is 45.9 Å². The zero-order valence-corrected chi connectivity index (χ0v) is 15.3. The number of carbonyl (C=O) groups excluding carboxylic acids is 3. The van der Waals surface area contributed by atoms with Gasteiger partial charge in [0.15, 0.2) is 0 Å². The lowest BCUT2D eigenvalue weighted by molar-refractivity contribution is -0.120. The number of imide groups is 1. The molecule has 4 amide bonds. The SMILES string of the molecule is Cc1ncsc1CCCNC(=O)c1ccccc1N1CCC(=O)NC1=O. The van der Waals surface area contributed by atoms with Gasteiger partial charge in [0.1, 0.15) is 0 Å². The van der Waals surface area contributed by atoms with Gasteiger partial charge in [0.05, 0.1) is 22.5 Å². The first-order valence-electron chi connectivity index (χ1n) is 8.44. The molecule has 26 heavy (non-hydrogen) atoms. The molecule has 1 aromatic heterocycles. The molecule has 0 bridgehead atoms. The number of carbonyl (C=O) groups is 3. The predicted molar refractivity (Wildman–Crippen MR) is 99.4 cm³/mol. The molecule has 0 atom stereocenters. The number of hydrogen-bond donors (Lipinski definition) is 2. The summed E-state index contributed by atoms with van der Waals surface area (Å²) in [6, 6.07) is 6.42. The first kappa shape index (κ1) is 18.1. The summed E-state index contributed by atoms with van der Waals surface area (Å²) < 4.78 is 0. The Morgan fingerprint density at radius 1 is 1.35 bits per heavy atom. The lowest BCUT2D eigenvalue weighted by Crippen LogP contribution is -2.50. The third-order valence-corrected chi connectivity index (χ3v) is 5.20. The van der Waals surface area contributed by atoms with Crippen LogP contribution in [0.3, 0.4) is 0 Å². The molecule has 0 spiro atoms. The minimum Gasteiger partial charge on any atom is -0.352 e. The van der Waals surface area contributed by atoms with E-state index in [1.54, 1.807) is 35.6 Å². The summed E-state index contributed by atoms with van der Waals surface area (Å²) in [5.74, 6) is -0.530. The largest absolute Gasteiger partial charge is 0.352 e. The molecule has 0 saturated carbocycles. The van der Waals surface area contributed by atoms with Crippen LogP contribution >= 0.6 is 11.3 Å². The lowest BCUT2D eigenvalue weighted by Gasteiger charge is -2.28. The van der Waals surface area contributed by atoms with Crippen LogP contribution in [-0.2, 0) is 11.2 Å². The molecule has 2 heterocycles. The normalized spacial score (nSPS) is 14.3. The maximum Gasteiger partial charge on any atom is 0.328 e. The van der Waals surface area contributed by atoms with Crippen molar-refractivity contribution < 1.29 is 14.4 Å². The second-order valence-corrected chi connectivity index (χ2v) is 6.93. The van der Waals surface area contributed by atoms with Crippen molar-refractivity contribution in [1.82, 2.24) is 15.6 Å². The van der Waals surface area contributed by atoms with E-state index in [0.717, 1.165) is 18.5 Å². The molecule has 136 valence electrons. The fourth-order valence-electron chi connectivity index (χ4n) is 2.81. The number of thiazole rings is 1. The smallest absolute Gasteiger partial charge is 0.328 e. The minimum atomic E-state index is -0.498. The van der Waals surface area contributed by atoms with Gasteiger partial charge in [0.25, 0.3) is 5.91 Å². The van der Waals surface area contributed by atoms with E-state index in [4.69, 9.17) is 0 Å². The Balaban J connectivity index is 1.61. The van der Waals surface area contributed by atoms with Crippen molar-refractivity contribution in [1.29, 1.82) is 0 Å². The highest BCUT2D eigenvalue weighted by Gasteiger charge is 2.27. The Morgan fingerprint density at radius 3 is 2.88 bits per heavy atom. The van der Waals surface area contributed by atoms with Crippen molar-refractivity contribution >= 4 is 34.9 Å². The second-order valence-electron chi connectivity index (χ2n) is 5.99. The molecule has 1 aliphatic rings. The highest BCUT2D eigenvalue weighted by molar-refractivity contribution is 7.09. The highest BCUT2D eigenvalue weighted by atomic mass is 32.1. The molecule has 1 fully saturated rings. The Bertz CT molecular complexity index is 833. The third kappa shape index (κ3) is 4.08. The molecule has 3 rings (SSSR count). The molecule has 1 aliphatic heterocycles. The average Bonchev–Trinajstić information content (AvgIpc) is 3.03. The summed E-state index contributed by atoms with van der Waals surface area (Å²) in [5, 5.41) is 5.18. The Labute approximate surface area is 155 Å². The Hall–Kier alpha value is -2.74. The van der Waals surface area contributed by atoms with Crippen molar-refractivity contribution in [3.8, 4) is 0 Å². The first-order valence-corrected chi connectivity index (χ1v) is 9.32. The van der Waals surface area contributed by atoms with Crippen LogP contribution in [0.2, 0.25) is 0 Å². The maximum atomic E-state index is 12.6. The van der Waals surface area contributed by atoms with Gasteiger partial charge in [0.2, 0.25) is 5.91 Å². The van der Waals surface area contributed by atoms with E-state index in [2.05, 4.69) is 15.6 Å². The van der Waals surface area contributed by atoms with Crippen LogP contribution in [0, 0.1) is 6.92 Å². The number of amides is 4. The van der Waals surface area contributed by atoms with Gasteiger partial charge < -0.3 is 5.32 Å². The number of benzene rings is 1. The molecular weight excluding hydrogens is 352 g/mol. The number of nitrogens with zero attached hydrogens (tertiary/aromatic N) is 2. The topological polar surface area (TPSA) is 91.4 Å². The summed E-state index contributed by atoms with van der Waals surface area (Å²) in [4.78, 5) is 42.8. The molecular formula is C18H20N4O3S. The molecule has 0 aliphatic carbocycles. The molecule has 1 aromatic carbocycles. The van der Waals surface area contributed by atoms with Crippen LogP contribution in [0.15, 0.2) is 29.8 Å². The molecule has 1 saturated heterocycles. The molecule has 0 radical (unpaired) electrons. The van der Waals surface area contributed by atoms with Gasteiger partial charge in [-0.3, -0.25) is 19.8 Å². The summed E-state index contributed by atoms with van der Waals surface area (Å²) >= 11 is 1.62. The van der Waals surface area contributed by atoms with Crippen LogP contribution in [0.4, 0.5) is 10.5 Å². The van der Waals surface area contributed by atoms with E-state index in [9.17, 15) is 14.4 Å². The lowest BCUT2D eigenvalue weighted by atomic mass is 10.1. The summed E-state index contributed by atoms with van der Waals surface area (Å²) in [7, 11) is 0. The number of nitrogens with one attached hydrogen (secondary N) is 2. The van der Waals surface area contributed by atoms with Gasteiger partial charge in [0, 0.05) is 24.4 Å². The van der Waals surface area contributed by atoms with Crippen LogP contribution in [0.5, 0.6) is 0 Å². The molecule has 7 nitrogen and oxygen atoms in total. The van der Waals surface area contributed by atoms with Crippen LogP contribution < -0.4 is 15.5 Å². The van der Waals surface area contributed by atoms with Gasteiger partial charge in [-0.2, -0.15) is 0 Å². The Kier molecular flexibility index (Phi) is 5.62. The summed E-state index contributed by atoms with van der Waals surface area (Å²) in [6.45, 7) is 2.78. The first-order chi connectivity index (χ1) is 12.6. The zero-order valence-electron chi connectivity index (χ0n) is 14.4. The van der Waals surface area contributed by atoms with Crippen LogP contribution in [0.25, 0.3) is 0 Å². The van der Waals surface area contributed by atoms with Gasteiger partial charge >= 0.3 is 6.03 Å². The standard InChI is InChI=1S/C18H20N4O3S/c1-12-15(26-11-20-12)7-4-9-19-17(24)13-5-2-3-6-14(13)22-10-8-16(23)21-18(22)25/h2-3,5-6,11H,4,7-10H2,1H3,(H,19,24)(H,21,23,25). The number of aryl methyl sites for hydroxylation is 2. The van der Waals surface area contributed by atoms with Gasteiger partial charge in [-0.15, -0.1) is 11.3 Å². The number of hydrogen-bond acceptors (Lipinski definition) is 5. The van der Waals surface area contributed by atoms with E-state index in [1.165, 1.54) is 9.78 Å². The number of urea groups is 1. The fourth-order valence-corrected chi connectivity index (χ4v) is 3.63. The zero-order chi connectivity index (χ0) is 18.5. The highest BCUT2D eigenvalue weighted by Crippen LogP contribution is 2.22. The number of aromatic nitrogens is 1. The second kappa shape index (κ2) is 8.09. The number of anilines is 1. The van der Waals surface area contributed by atoms with E-state index in [-0.39, 0.29) is 24.8 Å². The van der Waals surface area contributed by atoms with E-state index < -0.39 is 6.03 Å². The van der Waals surface area contributed by atoms with Crippen molar-refractivity contribution in [2.45, 2.75) is 26.2 Å². The molecule has 0 unspecified atom stereocenters. The third-order valence-electron chi connectivity index (χ3n) is 4.20. The van der Waals surface area contributed by atoms with Crippen LogP contribution in [0.1, 0.15) is 33.8 Å². The van der Waals surface area contributed by atoms with Crippen LogP contribution in [-0.4, -0.2) is 35.9 Å². The van der Waals surface area contributed by atoms with Crippen molar-refractivity contribution in [2.24, 2.45) is 0 Å². The van der Waals surface area contributed by atoms with E-state index in [1.807, 2.05) is 12.4 Å². The average molecular weight is 372 g/mol. The summed E-state index contributed by atoms with van der Waals surface area (Å²) in [5.41, 5.74) is 3.80. The molecule has 2 N–H and O–H groups in total. The monoisotopic (exact) mass is 372 g/mol. The van der Waals surface area contributed by atoms with Crippen molar-refractivity contribution in [2.75, 3.05) is 18.0 Å². The minimum absolute atomic E-state index is 0.218. The van der Waals surface area contributed by atoms with Gasteiger partial charge in [-0.1, -0.05) is 12.1 Å². The summed E-state index contributed by atoms with van der Waals surface area (Å²) in [6.07, 6.45) is 1.90.